The van der Waals surface area contributed by atoms with Gasteiger partial charge in [-0.05, 0) is 93.2 Å². The van der Waals surface area contributed by atoms with Crippen molar-refractivity contribution in [3.05, 3.63) is 74.2 Å². The molecule has 39 heavy (non-hydrogen) atoms. The number of hydrogen-bond acceptors (Lipinski definition) is 2. The van der Waals surface area contributed by atoms with Crippen molar-refractivity contribution in [2.45, 2.75) is 92.9 Å². The van der Waals surface area contributed by atoms with Gasteiger partial charge in [-0.25, -0.2) is 0 Å². The summed E-state index contributed by atoms with van der Waals surface area (Å²) >= 11 is 0. The van der Waals surface area contributed by atoms with Gasteiger partial charge in [-0.1, -0.05) is 57.2 Å². The Balaban J connectivity index is 1.81. The number of nitrogens with zero attached hydrogens (tertiary/aromatic N) is 2. The fourth-order valence-corrected chi connectivity index (χ4v) is 7.72. The molecule has 0 spiro atoms. The zero-order chi connectivity index (χ0) is 28.2. The van der Waals surface area contributed by atoms with Crippen LogP contribution >= 0.6 is 0 Å². The normalized spacial score (nSPS) is 26.4. The van der Waals surface area contributed by atoms with E-state index in [4.69, 9.17) is 4.99 Å². The molecule has 4 atom stereocenters. The minimum Gasteiger partial charge on any atom is -0.358 e. The molecule has 2 saturated carbocycles. The molecular formula is C35H47N3O. The Morgan fingerprint density at radius 2 is 1.44 bits per heavy atom. The second-order valence-electron chi connectivity index (χ2n) is 13.0. The van der Waals surface area contributed by atoms with Crippen LogP contribution in [-0.4, -0.2) is 35.6 Å². The standard InChI is InChI=1S/C35H47N3O/c1-19-16-22(4)29(23(5)17-19)31(32-24(6)18-28(36-32)26-14-10-12-20(26)2)33-25(7)30(35(39)38(8)9)34(37-33)27-15-11-13-21(27)3/h16-18,20-21,26-27,36H,10-15H2,1-9H3/b33-31-. The molecule has 2 aromatic rings. The Bertz CT molecular complexity index is 1380. The zero-order valence-corrected chi connectivity index (χ0v) is 25.6. The Hall–Kier alpha value is -2.88. The Morgan fingerprint density at radius 3 is 1.97 bits per heavy atom. The fraction of sp³-hybridized carbons (Fsp3) is 0.543. The molecule has 5 rings (SSSR count). The molecule has 0 bridgehead atoms. The molecule has 4 unspecified atom stereocenters. The maximum absolute atomic E-state index is 13.7. The highest BCUT2D eigenvalue weighted by Gasteiger charge is 2.39. The molecule has 0 radical (unpaired) electrons. The number of likely N-dealkylation sites (N-methyl/N-ethyl adjacent to an activating group) is 1. The van der Waals surface area contributed by atoms with Gasteiger partial charge >= 0.3 is 0 Å². The van der Waals surface area contributed by atoms with Crippen molar-refractivity contribution in [3.63, 3.8) is 0 Å². The van der Waals surface area contributed by atoms with Crippen molar-refractivity contribution in [3.8, 4) is 0 Å². The van der Waals surface area contributed by atoms with Crippen LogP contribution in [0.1, 0.15) is 104 Å². The third-order valence-corrected chi connectivity index (χ3v) is 9.76. The van der Waals surface area contributed by atoms with Crippen LogP contribution in [0.2, 0.25) is 0 Å². The number of aliphatic imine (C=N–C) groups is 1. The first kappa shape index (κ1) is 27.7. The van der Waals surface area contributed by atoms with Crippen LogP contribution in [0, 0.1) is 45.4 Å². The van der Waals surface area contributed by atoms with E-state index >= 15 is 0 Å². The van der Waals surface area contributed by atoms with Crippen molar-refractivity contribution < 1.29 is 4.79 Å². The van der Waals surface area contributed by atoms with Crippen LogP contribution in [0.15, 0.2) is 40.0 Å². The van der Waals surface area contributed by atoms with Crippen molar-refractivity contribution in [2.75, 3.05) is 14.1 Å². The van der Waals surface area contributed by atoms with Gasteiger partial charge in [0.05, 0.1) is 22.7 Å². The van der Waals surface area contributed by atoms with E-state index in [2.05, 4.69) is 71.6 Å². The van der Waals surface area contributed by atoms with Crippen molar-refractivity contribution >= 4 is 17.2 Å². The third-order valence-electron chi connectivity index (χ3n) is 9.76. The van der Waals surface area contributed by atoms with Crippen LogP contribution in [0.5, 0.6) is 0 Å². The summed E-state index contributed by atoms with van der Waals surface area (Å²) in [6.45, 7) is 15.7. The Kier molecular flexibility index (Phi) is 7.52. The number of aromatic nitrogens is 1. The molecule has 0 saturated heterocycles. The molecule has 1 aromatic heterocycles. The molecule has 1 amide bonds. The lowest BCUT2D eigenvalue weighted by molar-refractivity contribution is -0.124. The molecular weight excluding hydrogens is 478 g/mol. The number of aromatic amines is 1. The van der Waals surface area contributed by atoms with E-state index in [-0.39, 0.29) is 5.91 Å². The lowest BCUT2D eigenvalue weighted by Crippen LogP contribution is -2.30. The predicted molar refractivity (Wildman–Crippen MR) is 163 cm³/mol. The van der Waals surface area contributed by atoms with Gasteiger partial charge in [0.15, 0.2) is 0 Å². The molecule has 208 valence electrons. The number of benzene rings is 1. The van der Waals surface area contributed by atoms with Crippen molar-refractivity contribution in [1.29, 1.82) is 0 Å². The third kappa shape index (κ3) is 4.85. The van der Waals surface area contributed by atoms with Gasteiger partial charge in [-0.3, -0.25) is 9.79 Å². The van der Waals surface area contributed by atoms with Crippen molar-refractivity contribution in [2.24, 2.45) is 22.7 Å². The summed E-state index contributed by atoms with van der Waals surface area (Å²) in [6, 6.07) is 6.94. The minimum absolute atomic E-state index is 0.0701. The van der Waals surface area contributed by atoms with Gasteiger partial charge in [-0.15, -0.1) is 0 Å². The molecule has 4 nitrogen and oxygen atoms in total. The monoisotopic (exact) mass is 525 g/mol. The number of carbonyl (C=O) groups excluding carboxylic acids is 1. The van der Waals surface area contributed by atoms with E-state index in [1.165, 1.54) is 65.6 Å². The molecule has 2 aliphatic carbocycles. The van der Waals surface area contributed by atoms with E-state index in [1.807, 2.05) is 14.1 Å². The average Bonchev–Trinajstić information content (AvgIpc) is 3.63. The highest BCUT2D eigenvalue weighted by atomic mass is 16.2. The second-order valence-corrected chi connectivity index (χ2v) is 13.0. The summed E-state index contributed by atoms with van der Waals surface area (Å²) in [5.41, 5.74) is 13.8. The topological polar surface area (TPSA) is 48.5 Å². The number of rotatable bonds is 5. The van der Waals surface area contributed by atoms with Gasteiger partial charge < -0.3 is 9.88 Å². The molecule has 2 fully saturated rings. The maximum atomic E-state index is 13.7. The second kappa shape index (κ2) is 10.6. The number of nitrogens with one attached hydrogen (secondary N) is 1. The first-order chi connectivity index (χ1) is 18.5. The van der Waals surface area contributed by atoms with Gasteiger partial charge in [0.25, 0.3) is 5.91 Å². The molecule has 3 aliphatic rings. The maximum Gasteiger partial charge on any atom is 0.255 e. The highest BCUT2D eigenvalue weighted by molar-refractivity contribution is 6.26. The van der Waals surface area contributed by atoms with Crippen LogP contribution < -0.4 is 0 Å². The van der Waals surface area contributed by atoms with Gasteiger partial charge in [0.1, 0.15) is 0 Å². The molecule has 4 heteroatoms. The van der Waals surface area contributed by atoms with Crippen LogP contribution in [0.4, 0.5) is 0 Å². The van der Waals surface area contributed by atoms with E-state index < -0.39 is 0 Å². The van der Waals surface area contributed by atoms with E-state index in [9.17, 15) is 4.79 Å². The van der Waals surface area contributed by atoms with Crippen LogP contribution in [0.25, 0.3) is 5.57 Å². The Labute approximate surface area is 235 Å². The van der Waals surface area contributed by atoms with E-state index in [0.717, 1.165) is 40.2 Å². The highest BCUT2D eigenvalue weighted by Crippen LogP contribution is 2.45. The molecule has 1 N–H and O–H groups in total. The van der Waals surface area contributed by atoms with E-state index in [0.29, 0.717) is 23.7 Å². The average molecular weight is 526 g/mol. The number of amides is 1. The predicted octanol–water partition coefficient (Wildman–Crippen LogP) is 8.21. The zero-order valence-electron chi connectivity index (χ0n) is 25.6. The van der Waals surface area contributed by atoms with Crippen LogP contribution in [0.3, 0.4) is 0 Å². The summed E-state index contributed by atoms with van der Waals surface area (Å²) in [4.78, 5) is 24.8. The smallest absolute Gasteiger partial charge is 0.255 e. The summed E-state index contributed by atoms with van der Waals surface area (Å²) in [6.07, 6.45) is 7.36. The number of aryl methyl sites for hydroxylation is 4. The number of allylic oxidation sites excluding steroid dienone is 1. The molecule has 1 aliphatic heterocycles. The Morgan fingerprint density at radius 1 is 0.846 bits per heavy atom. The fourth-order valence-electron chi connectivity index (χ4n) is 7.72. The van der Waals surface area contributed by atoms with Crippen molar-refractivity contribution in [1.82, 2.24) is 9.88 Å². The van der Waals surface area contributed by atoms with E-state index in [1.54, 1.807) is 4.90 Å². The van der Waals surface area contributed by atoms with Gasteiger partial charge in [-0.2, -0.15) is 0 Å². The quantitative estimate of drug-likeness (QED) is 0.420. The molecule has 1 aromatic carbocycles. The first-order valence-electron chi connectivity index (χ1n) is 15.0. The summed E-state index contributed by atoms with van der Waals surface area (Å²) in [5, 5.41) is 0. The SMILES string of the molecule is CC1=C(C(=O)N(C)C)C(C2CCCC2C)=N/C1=C(\c1[nH]c(C2CCCC2C)cc1C)c1c(C)cc(C)cc1C. The van der Waals surface area contributed by atoms with Gasteiger partial charge in [0.2, 0.25) is 0 Å². The first-order valence-corrected chi connectivity index (χ1v) is 15.0. The lowest BCUT2D eigenvalue weighted by Gasteiger charge is -2.20. The number of H-pyrrole nitrogens is 1. The number of carbonyl (C=O) groups is 1. The summed E-state index contributed by atoms with van der Waals surface area (Å²) < 4.78 is 0. The number of hydrogen-bond donors (Lipinski definition) is 1. The summed E-state index contributed by atoms with van der Waals surface area (Å²) in [7, 11) is 3.72. The largest absolute Gasteiger partial charge is 0.358 e. The van der Waals surface area contributed by atoms with Crippen LogP contribution in [-0.2, 0) is 4.79 Å². The van der Waals surface area contributed by atoms with Gasteiger partial charge in [0, 0.05) is 37.2 Å². The minimum atomic E-state index is 0.0701. The lowest BCUT2D eigenvalue weighted by atomic mass is 9.86. The molecule has 2 heterocycles. The summed E-state index contributed by atoms with van der Waals surface area (Å²) in [5.74, 6) is 2.21.